The van der Waals surface area contributed by atoms with Crippen LogP contribution in [-0.2, 0) is 4.79 Å². The van der Waals surface area contributed by atoms with Gasteiger partial charge < -0.3 is 20.3 Å². The van der Waals surface area contributed by atoms with E-state index in [2.05, 4.69) is 31.4 Å². The van der Waals surface area contributed by atoms with Crippen LogP contribution in [-0.4, -0.2) is 55.0 Å². The number of ether oxygens (including phenoxy) is 1. The highest BCUT2D eigenvalue weighted by Gasteiger charge is 2.28. The van der Waals surface area contributed by atoms with Crippen LogP contribution in [0.5, 0.6) is 5.75 Å². The summed E-state index contributed by atoms with van der Waals surface area (Å²) in [4.78, 5) is 26.5. The van der Waals surface area contributed by atoms with Gasteiger partial charge in [-0.1, -0.05) is 6.92 Å². The Hall–Kier alpha value is -2.08. The van der Waals surface area contributed by atoms with Crippen molar-refractivity contribution in [2.24, 2.45) is 0 Å². The predicted molar refractivity (Wildman–Crippen MR) is 107 cm³/mol. The molecule has 1 aromatic rings. The van der Waals surface area contributed by atoms with Gasteiger partial charge in [-0.15, -0.1) is 0 Å². The summed E-state index contributed by atoms with van der Waals surface area (Å²) in [6.07, 6.45) is 4.35. The Balaban J connectivity index is 1.78. The molecule has 6 nitrogen and oxygen atoms in total. The number of hydrogen-bond donors (Lipinski definition) is 2. The summed E-state index contributed by atoms with van der Waals surface area (Å²) in [5, 5.41) is 6.12. The van der Waals surface area contributed by atoms with E-state index in [1.807, 2.05) is 4.90 Å². The van der Waals surface area contributed by atoms with E-state index in [4.69, 9.17) is 4.74 Å². The first-order chi connectivity index (χ1) is 13.0. The van der Waals surface area contributed by atoms with E-state index >= 15 is 0 Å². The van der Waals surface area contributed by atoms with E-state index in [1.165, 1.54) is 6.42 Å². The average Bonchev–Trinajstić information content (AvgIpc) is 2.66. The summed E-state index contributed by atoms with van der Waals surface area (Å²) >= 11 is 0. The number of nitrogens with one attached hydrogen (secondary N) is 2. The van der Waals surface area contributed by atoms with Crippen LogP contribution in [0.25, 0.3) is 0 Å². The molecule has 2 N–H and O–H groups in total. The fraction of sp³-hybridized carbons (Fsp3) is 0.619. The molecule has 0 saturated carbocycles. The highest BCUT2D eigenvalue weighted by Crippen LogP contribution is 2.22. The van der Waals surface area contributed by atoms with Gasteiger partial charge in [-0.3, -0.25) is 9.59 Å². The van der Waals surface area contributed by atoms with Crippen LogP contribution in [0.2, 0.25) is 0 Å². The standard InChI is InChI=1S/C21H33N3O3/c1-4-12-22-13-14-23-21(26)18-8-10-19(11-9-18)27-15-20(25)24-16(2)6-5-7-17(24)3/h8-11,16-17,22H,4-7,12-15H2,1-3H3,(H,23,26). The lowest BCUT2D eigenvalue weighted by Gasteiger charge is -2.38. The first-order valence-corrected chi connectivity index (χ1v) is 10.1. The van der Waals surface area contributed by atoms with Gasteiger partial charge in [0.1, 0.15) is 5.75 Å². The Morgan fingerprint density at radius 3 is 2.37 bits per heavy atom. The zero-order chi connectivity index (χ0) is 19.6. The number of likely N-dealkylation sites (tertiary alicyclic amines) is 1. The SMILES string of the molecule is CCCNCCNC(=O)c1ccc(OCC(=O)N2C(C)CCCC2C)cc1. The molecule has 1 heterocycles. The summed E-state index contributed by atoms with van der Waals surface area (Å²) in [5.74, 6) is 0.518. The molecule has 0 aromatic heterocycles. The van der Waals surface area contributed by atoms with Crippen molar-refractivity contribution in [3.63, 3.8) is 0 Å². The number of carbonyl (C=O) groups is 2. The molecule has 0 spiro atoms. The maximum atomic E-state index is 12.5. The Morgan fingerprint density at radius 2 is 1.74 bits per heavy atom. The first kappa shape index (κ1) is 21.2. The van der Waals surface area contributed by atoms with Crippen molar-refractivity contribution in [3.8, 4) is 5.75 Å². The van der Waals surface area contributed by atoms with E-state index in [0.717, 1.165) is 32.4 Å². The van der Waals surface area contributed by atoms with E-state index in [1.54, 1.807) is 24.3 Å². The van der Waals surface area contributed by atoms with Gasteiger partial charge in [-0.25, -0.2) is 0 Å². The molecule has 0 radical (unpaired) electrons. The summed E-state index contributed by atoms with van der Waals surface area (Å²) in [7, 11) is 0. The van der Waals surface area contributed by atoms with E-state index in [9.17, 15) is 9.59 Å². The Labute approximate surface area is 162 Å². The number of carbonyl (C=O) groups excluding carboxylic acids is 2. The van der Waals surface area contributed by atoms with Gasteiger partial charge in [0.25, 0.3) is 11.8 Å². The van der Waals surface area contributed by atoms with E-state index < -0.39 is 0 Å². The van der Waals surface area contributed by atoms with Crippen LogP contribution in [0.3, 0.4) is 0 Å². The van der Waals surface area contributed by atoms with Crippen molar-refractivity contribution in [1.82, 2.24) is 15.5 Å². The fourth-order valence-electron chi connectivity index (χ4n) is 3.50. The third-order valence-electron chi connectivity index (χ3n) is 4.97. The number of amides is 2. The van der Waals surface area contributed by atoms with Crippen molar-refractivity contribution in [2.45, 2.75) is 58.5 Å². The number of rotatable bonds is 9. The smallest absolute Gasteiger partial charge is 0.260 e. The molecule has 1 aliphatic heterocycles. The third kappa shape index (κ3) is 6.54. The van der Waals surface area contributed by atoms with E-state index in [-0.39, 0.29) is 30.5 Å². The normalized spacial score (nSPS) is 19.6. The molecule has 2 amide bonds. The molecule has 150 valence electrons. The Bertz CT molecular complexity index is 593. The third-order valence-corrected chi connectivity index (χ3v) is 4.97. The molecule has 27 heavy (non-hydrogen) atoms. The zero-order valence-electron chi connectivity index (χ0n) is 16.8. The van der Waals surface area contributed by atoms with Gasteiger partial charge >= 0.3 is 0 Å². The van der Waals surface area contributed by atoms with Gasteiger partial charge in [-0.2, -0.15) is 0 Å². The summed E-state index contributed by atoms with van der Waals surface area (Å²) in [5.41, 5.74) is 0.586. The second-order valence-electron chi connectivity index (χ2n) is 7.25. The quantitative estimate of drug-likeness (QED) is 0.651. The largest absolute Gasteiger partial charge is 0.484 e. The zero-order valence-corrected chi connectivity index (χ0v) is 16.8. The van der Waals surface area contributed by atoms with Crippen molar-refractivity contribution in [2.75, 3.05) is 26.2 Å². The molecule has 2 rings (SSSR count). The van der Waals surface area contributed by atoms with Gasteiger partial charge in [0.15, 0.2) is 6.61 Å². The number of hydrogen-bond acceptors (Lipinski definition) is 4. The van der Waals surface area contributed by atoms with Crippen molar-refractivity contribution in [3.05, 3.63) is 29.8 Å². The molecule has 1 saturated heterocycles. The van der Waals surface area contributed by atoms with Gasteiger partial charge in [0.05, 0.1) is 0 Å². The number of piperidine rings is 1. The molecular weight excluding hydrogens is 342 g/mol. The van der Waals surface area contributed by atoms with Crippen LogP contribution in [0, 0.1) is 0 Å². The van der Waals surface area contributed by atoms with Gasteiger partial charge in [-0.05, 0) is 70.3 Å². The van der Waals surface area contributed by atoms with Crippen LogP contribution in [0.1, 0.15) is 56.8 Å². The minimum atomic E-state index is -0.105. The topological polar surface area (TPSA) is 70.7 Å². The molecule has 1 aliphatic rings. The molecule has 6 heteroatoms. The summed E-state index contributed by atoms with van der Waals surface area (Å²) in [6, 6.07) is 7.45. The predicted octanol–water partition coefficient (Wildman–Crippen LogP) is 2.58. The van der Waals surface area contributed by atoms with Crippen LogP contribution in [0.15, 0.2) is 24.3 Å². The minimum absolute atomic E-state index is 0.0242. The Morgan fingerprint density at radius 1 is 1.07 bits per heavy atom. The molecule has 2 unspecified atom stereocenters. The van der Waals surface area contributed by atoms with Crippen molar-refractivity contribution < 1.29 is 14.3 Å². The minimum Gasteiger partial charge on any atom is -0.484 e. The van der Waals surface area contributed by atoms with Crippen molar-refractivity contribution in [1.29, 1.82) is 0 Å². The van der Waals surface area contributed by atoms with Crippen LogP contribution < -0.4 is 15.4 Å². The lowest BCUT2D eigenvalue weighted by atomic mass is 9.97. The molecule has 1 fully saturated rings. The monoisotopic (exact) mass is 375 g/mol. The molecule has 2 atom stereocenters. The van der Waals surface area contributed by atoms with Gasteiger partial charge in [0.2, 0.25) is 0 Å². The number of nitrogens with zero attached hydrogens (tertiary/aromatic N) is 1. The van der Waals surface area contributed by atoms with E-state index in [0.29, 0.717) is 17.9 Å². The van der Waals surface area contributed by atoms with Crippen LogP contribution in [0.4, 0.5) is 0 Å². The summed E-state index contributed by atoms with van der Waals surface area (Å²) < 4.78 is 5.64. The maximum Gasteiger partial charge on any atom is 0.260 e. The molecule has 0 aliphatic carbocycles. The average molecular weight is 376 g/mol. The molecule has 0 bridgehead atoms. The van der Waals surface area contributed by atoms with Crippen LogP contribution >= 0.6 is 0 Å². The highest BCUT2D eigenvalue weighted by molar-refractivity contribution is 5.94. The second kappa shape index (κ2) is 10.9. The molecular formula is C21H33N3O3. The molecule has 1 aromatic carbocycles. The lowest BCUT2D eigenvalue weighted by Crippen LogP contribution is -2.49. The van der Waals surface area contributed by atoms with Crippen molar-refractivity contribution >= 4 is 11.8 Å². The second-order valence-corrected chi connectivity index (χ2v) is 7.25. The Kier molecular flexibility index (Phi) is 8.58. The van der Waals surface area contributed by atoms with Gasteiger partial charge in [0, 0.05) is 30.7 Å². The summed E-state index contributed by atoms with van der Waals surface area (Å²) in [6.45, 7) is 8.64. The maximum absolute atomic E-state index is 12.5. The number of benzene rings is 1. The lowest BCUT2D eigenvalue weighted by molar-refractivity contribution is -0.139. The highest BCUT2D eigenvalue weighted by atomic mass is 16.5. The fourth-order valence-corrected chi connectivity index (χ4v) is 3.50. The first-order valence-electron chi connectivity index (χ1n) is 10.1.